The summed E-state index contributed by atoms with van der Waals surface area (Å²) < 4.78 is 0. The highest BCUT2D eigenvalue weighted by Gasteiger charge is 2.47. The molecule has 0 saturated carbocycles. The Bertz CT molecular complexity index is 911. The van der Waals surface area contributed by atoms with Gasteiger partial charge < -0.3 is 0 Å². The molecule has 3 aromatic carbocycles. The van der Waals surface area contributed by atoms with Gasteiger partial charge in [-0.15, -0.1) is 0 Å². The molecule has 1 heterocycles. The minimum atomic E-state index is -2.00. The van der Waals surface area contributed by atoms with Crippen LogP contribution in [0, 0.1) is 13.8 Å². The summed E-state index contributed by atoms with van der Waals surface area (Å²) in [5, 5.41) is 5.46. The topological polar surface area (TPSA) is 12.9 Å². The molecule has 0 aliphatic carbocycles. The number of nitrogens with zero attached hydrogens (tertiary/aromatic N) is 1. The molecule has 0 aliphatic rings. The first kappa shape index (κ1) is 17.6. The van der Waals surface area contributed by atoms with Crippen LogP contribution in [0.3, 0.4) is 0 Å². The highest BCUT2D eigenvalue weighted by molar-refractivity contribution is 8.01. The summed E-state index contributed by atoms with van der Waals surface area (Å²) >= 11 is 0. The molecule has 0 spiro atoms. The molecular formula is C25H23NP+. The van der Waals surface area contributed by atoms with E-state index in [9.17, 15) is 0 Å². The highest BCUT2D eigenvalue weighted by atomic mass is 31.2. The quantitative estimate of drug-likeness (QED) is 0.489. The van der Waals surface area contributed by atoms with E-state index >= 15 is 0 Å². The van der Waals surface area contributed by atoms with Crippen LogP contribution in [0.1, 0.15) is 11.4 Å². The third-order valence-electron chi connectivity index (χ3n) is 4.88. The van der Waals surface area contributed by atoms with E-state index in [0.717, 1.165) is 11.4 Å². The average Bonchev–Trinajstić information content (AvgIpc) is 2.70. The lowest BCUT2D eigenvalue weighted by molar-refractivity contribution is 1.13. The zero-order valence-corrected chi connectivity index (χ0v) is 16.6. The van der Waals surface area contributed by atoms with E-state index in [0.29, 0.717) is 0 Å². The molecule has 4 aromatic rings. The molecule has 0 amide bonds. The lowest BCUT2D eigenvalue weighted by atomic mass is 10.3. The molecule has 0 radical (unpaired) electrons. The van der Waals surface area contributed by atoms with Crippen LogP contribution in [0.15, 0.2) is 103 Å². The molecule has 2 heteroatoms. The Balaban J connectivity index is 2.16. The number of benzene rings is 3. The Labute approximate surface area is 162 Å². The van der Waals surface area contributed by atoms with Crippen molar-refractivity contribution in [1.82, 2.24) is 4.98 Å². The molecule has 0 N–H and O–H groups in total. The summed E-state index contributed by atoms with van der Waals surface area (Å²) in [6.45, 7) is 4.18. The highest BCUT2D eigenvalue weighted by Crippen LogP contribution is 2.54. The second-order valence-corrected chi connectivity index (χ2v) is 10.2. The minimum absolute atomic E-state index is 1.07. The maximum Gasteiger partial charge on any atom is 0.144 e. The number of hydrogen-bond donors (Lipinski definition) is 0. The van der Waals surface area contributed by atoms with Crippen molar-refractivity contribution in [3.63, 3.8) is 0 Å². The fourth-order valence-corrected chi connectivity index (χ4v) is 8.26. The summed E-state index contributed by atoms with van der Waals surface area (Å²) in [5.41, 5.74) is 2.13. The molecule has 0 atom stereocenters. The molecule has 0 fully saturated rings. The van der Waals surface area contributed by atoms with Crippen molar-refractivity contribution in [3.8, 4) is 0 Å². The van der Waals surface area contributed by atoms with Crippen LogP contribution < -0.4 is 21.2 Å². The van der Waals surface area contributed by atoms with Crippen molar-refractivity contribution in [3.05, 3.63) is 115 Å². The third-order valence-corrected chi connectivity index (χ3v) is 9.14. The zero-order valence-electron chi connectivity index (χ0n) is 15.7. The van der Waals surface area contributed by atoms with Crippen molar-refractivity contribution in [2.45, 2.75) is 13.8 Å². The molecule has 0 saturated heterocycles. The van der Waals surface area contributed by atoms with Gasteiger partial charge in [0, 0.05) is 23.5 Å². The zero-order chi connectivity index (χ0) is 18.7. The summed E-state index contributed by atoms with van der Waals surface area (Å²) in [7, 11) is -2.00. The van der Waals surface area contributed by atoms with E-state index in [1.54, 1.807) is 0 Å². The van der Waals surface area contributed by atoms with Crippen molar-refractivity contribution in [2.24, 2.45) is 0 Å². The number of hydrogen-bond acceptors (Lipinski definition) is 1. The first-order valence-electron chi connectivity index (χ1n) is 9.23. The van der Waals surface area contributed by atoms with Crippen LogP contribution >= 0.6 is 7.26 Å². The number of aromatic nitrogens is 1. The van der Waals surface area contributed by atoms with Crippen LogP contribution in [-0.2, 0) is 0 Å². The maximum absolute atomic E-state index is 4.65. The molecule has 4 rings (SSSR count). The SMILES string of the molecule is Cc1cc([P+](c2ccccc2)(c2ccccc2)c2ccccc2)cc(C)n1. The third kappa shape index (κ3) is 3.20. The van der Waals surface area contributed by atoms with Crippen LogP contribution in [-0.4, -0.2) is 4.98 Å². The van der Waals surface area contributed by atoms with Gasteiger partial charge in [-0.2, -0.15) is 0 Å². The van der Waals surface area contributed by atoms with E-state index in [1.165, 1.54) is 21.2 Å². The fraction of sp³-hybridized carbons (Fsp3) is 0.0800. The van der Waals surface area contributed by atoms with E-state index in [2.05, 4.69) is 122 Å². The Hall–Kier alpha value is -2.76. The maximum atomic E-state index is 4.65. The summed E-state index contributed by atoms with van der Waals surface area (Å²) in [6, 6.07) is 37.4. The van der Waals surface area contributed by atoms with E-state index in [1.807, 2.05) is 0 Å². The summed E-state index contributed by atoms with van der Waals surface area (Å²) in [5.74, 6) is 0. The summed E-state index contributed by atoms with van der Waals surface area (Å²) in [4.78, 5) is 4.65. The monoisotopic (exact) mass is 368 g/mol. The van der Waals surface area contributed by atoms with Gasteiger partial charge in [0.2, 0.25) is 0 Å². The van der Waals surface area contributed by atoms with Gasteiger partial charge in [0.15, 0.2) is 0 Å². The van der Waals surface area contributed by atoms with Gasteiger partial charge in [-0.1, -0.05) is 54.6 Å². The first-order chi connectivity index (χ1) is 13.2. The average molecular weight is 368 g/mol. The van der Waals surface area contributed by atoms with Crippen LogP contribution in [0.4, 0.5) is 0 Å². The standard InChI is InChI=1S/C25H23NP/c1-20-18-25(19-21(2)26-20)27(22-12-6-3-7-13-22,23-14-8-4-9-15-23)24-16-10-5-11-17-24/h3-19H,1-2H3/q+1. The van der Waals surface area contributed by atoms with E-state index in [-0.39, 0.29) is 0 Å². The van der Waals surface area contributed by atoms with Crippen LogP contribution in [0.25, 0.3) is 0 Å². The number of pyridine rings is 1. The Morgan fingerprint density at radius 2 is 0.815 bits per heavy atom. The number of aryl methyl sites for hydroxylation is 2. The molecule has 0 bridgehead atoms. The number of rotatable bonds is 4. The molecule has 0 aliphatic heterocycles. The molecular weight excluding hydrogens is 345 g/mol. The van der Waals surface area contributed by atoms with Crippen molar-refractivity contribution in [2.75, 3.05) is 0 Å². The van der Waals surface area contributed by atoms with Gasteiger partial charge in [0.1, 0.15) is 28.5 Å². The van der Waals surface area contributed by atoms with Crippen molar-refractivity contribution < 1.29 is 0 Å². The summed E-state index contributed by atoms with van der Waals surface area (Å²) in [6.07, 6.45) is 0. The largest absolute Gasteiger partial charge is 0.258 e. The Morgan fingerprint density at radius 3 is 1.15 bits per heavy atom. The van der Waals surface area contributed by atoms with Crippen LogP contribution in [0.5, 0.6) is 0 Å². The predicted molar refractivity (Wildman–Crippen MR) is 118 cm³/mol. The molecule has 132 valence electrons. The van der Waals surface area contributed by atoms with Gasteiger partial charge in [-0.25, -0.2) is 0 Å². The second kappa shape index (κ2) is 7.47. The van der Waals surface area contributed by atoms with Gasteiger partial charge in [0.05, 0.1) is 0 Å². The second-order valence-electron chi connectivity index (χ2n) is 6.79. The Kier molecular flexibility index (Phi) is 4.88. The normalized spacial score (nSPS) is 11.3. The molecule has 0 unspecified atom stereocenters. The van der Waals surface area contributed by atoms with Gasteiger partial charge >= 0.3 is 0 Å². The lowest BCUT2D eigenvalue weighted by Crippen LogP contribution is -2.39. The molecule has 1 aromatic heterocycles. The van der Waals surface area contributed by atoms with Crippen molar-refractivity contribution >= 4 is 28.5 Å². The van der Waals surface area contributed by atoms with Crippen molar-refractivity contribution in [1.29, 1.82) is 0 Å². The molecule has 1 nitrogen and oxygen atoms in total. The van der Waals surface area contributed by atoms with E-state index in [4.69, 9.17) is 0 Å². The predicted octanol–water partition coefficient (Wildman–Crippen LogP) is 4.32. The van der Waals surface area contributed by atoms with Gasteiger partial charge in [-0.05, 0) is 50.2 Å². The fourth-order valence-electron chi connectivity index (χ4n) is 3.86. The Morgan fingerprint density at radius 1 is 0.481 bits per heavy atom. The smallest absolute Gasteiger partial charge is 0.144 e. The van der Waals surface area contributed by atoms with Crippen LogP contribution in [0.2, 0.25) is 0 Å². The van der Waals surface area contributed by atoms with E-state index < -0.39 is 7.26 Å². The molecule has 27 heavy (non-hydrogen) atoms. The van der Waals surface area contributed by atoms with Gasteiger partial charge in [-0.3, -0.25) is 4.98 Å². The minimum Gasteiger partial charge on any atom is -0.258 e. The first-order valence-corrected chi connectivity index (χ1v) is 11.0. The lowest BCUT2D eigenvalue weighted by Gasteiger charge is -2.28. The van der Waals surface area contributed by atoms with Gasteiger partial charge in [0.25, 0.3) is 0 Å².